The van der Waals surface area contributed by atoms with Gasteiger partial charge in [0.2, 0.25) is 0 Å². The van der Waals surface area contributed by atoms with E-state index in [1.165, 1.54) is 0 Å². The van der Waals surface area contributed by atoms with Gasteiger partial charge in [-0.15, -0.1) is 0 Å². The highest BCUT2D eigenvalue weighted by atomic mass is 16.3. The van der Waals surface area contributed by atoms with Crippen LogP contribution in [0.4, 0.5) is 0 Å². The molecule has 2 aromatic rings. The minimum atomic E-state index is -0.789. The highest BCUT2D eigenvalue weighted by Crippen LogP contribution is 2.28. The molecule has 0 aliphatic heterocycles. The molecule has 0 spiro atoms. The molecule has 1 N–H and O–H groups in total. The van der Waals surface area contributed by atoms with Crippen molar-refractivity contribution in [3.05, 3.63) is 66.0 Å². The van der Waals surface area contributed by atoms with Crippen molar-refractivity contribution in [3.63, 3.8) is 0 Å². The highest BCUT2D eigenvalue weighted by Gasteiger charge is 2.26. The van der Waals surface area contributed by atoms with E-state index in [1.807, 2.05) is 49.4 Å². The molecule has 88 valence electrons. The molecule has 0 aliphatic carbocycles. The molecule has 1 atom stereocenters. The number of aromatic nitrogens is 1. The van der Waals surface area contributed by atoms with E-state index in [2.05, 4.69) is 4.98 Å². The number of benzene rings is 1. The van der Waals surface area contributed by atoms with E-state index in [0.29, 0.717) is 12.8 Å². The maximum Gasteiger partial charge on any atom is 0.0934 e. The molecule has 0 amide bonds. The van der Waals surface area contributed by atoms with Crippen molar-refractivity contribution < 1.29 is 5.11 Å². The van der Waals surface area contributed by atoms with Crippen LogP contribution in [0.1, 0.15) is 24.5 Å². The minimum Gasteiger partial charge on any atom is -0.385 e. The predicted octanol–water partition coefficient (Wildman–Crippen LogP) is 2.92. The molecule has 1 heterocycles. The van der Waals surface area contributed by atoms with E-state index in [4.69, 9.17) is 0 Å². The van der Waals surface area contributed by atoms with E-state index >= 15 is 0 Å². The molecule has 1 aromatic carbocycles. The van der Waals surface area contributed by atoms with Gasteiger partial charge in [-0.25, -0.2) is 0 Å². The van der Waals surface area contributed by atoms with Gasteiger partial charge in [0.05, 0.1) is 5.60 Å². The van der Waals surface area contributed by atoms with Crippen molar-refractivity contribution in [2.45, 2.75) is 25.4 Å². The predicted molar refractivity (Wildman–Crippen MR) is 68.6 cm³/mol. The van der Waals surface area contributed by atoms with Gasteiger partial charge in [0, 0.05) is 18.8 Å². The van der Waals surface area contributed by atoms with Gasteiger partial charge in [0.25, 0.3) is 0 Å². The fourth-order valence-corrected chi connectivity index (χ4v) is 2.02. The van der Waals surface area contributed by atoms with E-state index in [9.17, 15) is 5.11 Å². The summed E-state index contributed by atoms with van der Waals surface area (Å²) in [6, 6.07) is 13.7. The lowest BCUT2D eigenvalue weighted by molar-refractivity contribution is 0.0327. The topological polar surface area (TPSA) is 33.1 Å². The van der Waals surface area contributed by atoms with Crippen LogP contribution in [-0.2, 0) is 12.0 Å². The van der Waals surface area contributed by atoms with Crippen LogP contribution in [0.15, 0.2) is 54.9 Å². The first kappa shape index (κ1) is 11.8. The fraction of sp³-hybridized carbons (Fsp3) is 0.267. The molecular formula is C15H17NO. The first-order valence-corrected chi connectivity index (χ1v) is 5.91. The second kappa shape index (κ2) is 5.11. The smallest absolute Gasteiger partial charge is 0.0934 e. The normalized spacial score (nSPS) is 14.2. The van der Waals surface area contributed by atoms with Crippen LogP contribution < -0.4 is 0 Å². The van der Waals surface area contributed by atoms with Gasteiger partial charge in [-0.2, -0.15) is 0 Å². The van der Waals surface area contributed by atoms with Gasteiger partial charge >= 0.3 is 0 Å². The number of pyridine rings is 1. The molecule has 17 heavy (non-hydrogen) atoms. The first-order valence-electron chi connectivity index (χ1n) is 5.91. The Hall–Kier alpha value is -1.67. The van der Waals surface area contributed by atoms with Gasteiger partial charge < -0.3 is 5.11 Å². The number of nitrogens with zero attached hydrogens (tertiary/aromatic N) is 1. The monoisotopic (exact) mass is 227 g/mol. The van der Waals surface area contributed by atoms with Gasteiger partial charge in [-0.05, 0) is 29.7 Å². The highest BCUT2D eigenvalue weighted by molar-refractivity contribution is 5.25. The number of rotatable bonds is 4. The standard InChI is InChI=1S/C15H17NO/c1-2-15(17,14-6-4-3-5-7-14)12-13-8-10-16-11-9-13/h3-11,17H,2,12H2,1H3. The zero-order chi connectivity index (χ0) is 12.1. The summed E-state index contributed by atoms with van der Waals surface area (Å²) in [6.45, 7) is 2.01. The molecule has 2 heteroatoms. The fourth-order valence-electron chi connectivity index (χ4n) is 2.02. The maximum atomic E-state index is 10.7. The van der Waals surface area contributed by atoms with E-state index < -0.39 is 5.60 Å². The van der Waals surface area contributed by atoms with E-state index in [-0.39, 0.29) is 0 Å². The zero-order valence-corrected chi connectivity index (χ0v) is 10.0. The second-order valence-corrected chi connectivity index (χ2v) is 4.28. The Morgan fingerprint density at radius 3 is 2.29 bits per heavy atom. The molecule has 2 nitrogen and oxygen atoms in total. The van der Waals surface area contributed by atoms with Crippen LogP contribution in [0.25, 0.3) is 0 Å². The molecule has 0 fully saturated rings. The third-order valence-corrected chi connectivity index (χ3v) is 3.14. The summed E-state index contributed by atoms with van der Waals surface area (Å²) < 4.78 is 0. The molecule has 2 rings (SSSR count). The molecule has 1 aromatic heterocycles. The summed E-state index contributed by atoms with van der Waals surface area (Å²) in [5.41, 5.74) is 1.29. The summed E-state index contributed by atoms with van der Waals surface area (Å²) >= 11 is 0. The van der Waals surface area contributed by atoms with Crippen molar-refractivity contribution >= 4 is 0 Å². The van der Waals surface area contributed by atoms with Crippen LogP contribution in [0.5, 0.6) is 0 Å². The van der Waals surface area contributed by atoms with Gasteiger partial charge in [-0.3, -0.25) is 4.98 Å². The molecule has 0 bridgehead atoms. The van der Waals surface area contributed by atoms with Crippen LogP contribution in [0.3, 0.4) is 0 Å². The summed E-state index contributed by atoms with van der Waals surface area (Å²) in [5, 5.41) is 10.7. The summed E-state index contributed by atoms with van der Waals surface area (Å²) in [5.74, 6) is 0. The maximum absolute atomic E-state index is 10.7. The Balaban J connectivity index is 2.27. The second-order valence-electron chi connectivity index (χ2n) is 4.28. The lowest BCUT2D eigenvalue weighted by Crippen LogP contribution is -2.27. The average Bonchev–Trinajstić information content (AvgIpc) is 2.41. The molecule has 1 unspecified atom stereocenters. The Kier molecular flexibility index (Phi) is 3.55. The van der Waals surface area contributed by atoms with Crippen molar-refractivity contribution in [2.75, 3.05) is 0 Å². The van der Waals surface area contributed by atoms with E-state index in [1.54, 1.807) is 12.4 Å². The summed E-state index contributed by atoms with van der Waals surface area (Å²) in [7, 11) is 0. The van der Waals surface area contributed by atoms with Crippen LogP contribution in [0, 0.1) is 0 Å². The third-order valence-electron chi connectivity index (χ3n) is 3.14. The number of hydrogen-bond acceptors (Lipinski definition) is 2. The van der Waals surface area contributed by atoms with Crippen LogP contribution in [0.2, 0.25) is 0 Å². The quantitative estimate of drug-likeness (QED) is 0.871. The Morgan fingerprint density at radius 1 is 1.06 bits per heavy atom. The van der Waals surface area contributed by atoms with Crippen molar-refractivity contribution in [3.8, 4) is 0 Å². The van der Waals surface area contributed by atoms with Crippen molar-refractivity contribution in [1.29, 1.82) is 0 Å². The molecule has 0 aliphatic rings. The Morgan fingerprint density at radius 2 is 1.71 bits per heavy atom. The first-order chi connectivity index (χ1) is 8.24. The Labute approximate surface area is 102 Å². The number of aliphatic hydroxyl groups is 1. The third kappa shape index (κ3) is 2.71. The van der Waals surface area contributed by atoms with E-state index in [0.717, 1.165) is 11.1 Å². The summed E-state index contributed by atoms with van der Waals surface area (Å²) in [4.78, 5) is 3.99. The lowest BCUT2D eigenvalue weighted by Gasteiger charge is -2.27. The van der Waals surface area contributed by atoms with Gasteiger partial charge in [0.15, 0.2) is 0 Å². The van der Waals surface area contributed by atoms with Crippen LogP contribution >= 0.6 is 0 Å². The SMILES string of the molecule is CCC(O)(Cc1ccncc1)c1ccccc1. The van der Waals surface area contributed by atoms with Crippen molar-refractivity contribution in [2.24, 2.45) is 0 Å². The summed E-state index contributed by atoms with van der Waals surface area (Å²) in [6.07, 6.45) is 4.84. The average molecular weight is 227 g/mol. The lowest BCUT2D eigenvalue weighted by atomic mass is 9.85. The molecule has 0 saturated carbocycles. The van der Waals surface area contributed by atoms with Gasteiger partial charge in [-0.1, -0.05) is 37.3 Å². The molecular weight excluding hydrogens is 210 g/mol. The zero-order valence-electron chi connectivity index (χ0n) is 10.0. The van der Waals surface area contributed by atoms with Crippen LogP contribution in [-0.4, -0.2) is 10.1 Å². The van der Waals surface area contributed by atoms with Gasteiger partial charge in [0.1, 0.15) is 0 Å². The number of hydrogen-bond donors (Lipinski definition) is 1. The van der Waals surface area contributed by atoms with Crippen molar-refractivity contribution in [1.82, 2.24) is 4.98 Å². The largest absolute Gasteiger partial charge is 0.385 e. The molecule has 0 radical (unpaired) electrons. The Bertz CT molecular complexity index is 455. The molecule has 0 saturated heterocycles. The minimum absolute atomic E-state index is 0.621.